The van der Waals surface area contributed by atoms with Gasteiger partial charge in [0.2, 0.25) is 0 Å². The van der Waals surface area contributed by atoms with Crippen LogP contribution in [-0.2, 0) is 9.59 Å². The molecule has 1 aliphatic heterocycles. The van der Waals surface area contributed by atoms with Gasteiger partial charge in [0, 0.05) is 16.5 Å². The van der Waals surface area contributed by atoms with Gasteiger partial charge >= 0.3 is 11.9 Å². The predicted molar refractivity (Wildman–Crippen MR) is 129 cm³/mol. The number of anilines is 1. The first-order chi connectivity index (χ1) is 16.3. The number of carbonyl (C=O) groups is 2. The standard InChI is InChI=1S/C26H22N2O6/c1-27(13-22(29)30)24(26(32)33)21-12-17-7-8-18-19(23(17)28(34)25(21)31)9-6-16-10-14-4-2-3-5-15(14)11-20(16)18/h2-12,24-25,31,34H,13H2,1H3,(H,29,30)(H,32,33). The van der Waals surface area contributed by atoms with E-state index in [2.05, 4.69) is 12.1 Å². The fourth-order valence-corrected chi connectivity index (χ4v) is 4.83. The fraction of sp³-hybridized carbons (Fsp3) is 0.154. The highest BCUT2D eigenvalue weighted by Gasteiger charge is 2.38. The van der Waals surface area contributed by atoms with E-state index in [1.165, 1.54) is 13.1 Å². The summed E-state index contributed by atoms with van der Waals surface area (Å²) in [7, 11) is 1.34. The first-order valence-electron chi connectivity index (χ1n) is 10.7. The molecule has 5 rings (SSSR count). The third-order valence-corrected chi connectivity index (χ3v) is 6.34. The number of hydroxylamine groups is 1. The summed E-state index contributed by atoms with van der Waals surface area (Å²) < 4.78 is 0. The molecule has 0 spiro atoms. The van der Waals surface area contributed by atoms with Crippen LogP contribution in [0.2, 0.25) is 0 Å². The Labute approximate surface area is 194 Å². The summed E-state index contributed by atoms with van der Waals surface area (Å²) in [6, 6.07) is 18.3. The second kappa shape index (κ2) is 8.11. The molecule has 4 aromatic rings. The molecule has 1 heterocycles. The van der Waals surface area contributed by atoms with Crippen molar-refractivity contribution in [2.75, 3.05) is 18.7 Å². The maximum Gasteiger partial charge on any atom is 0.325 e. The Morgan fingerprint density at radius 2 is 1.62 bits per heavy atom. The van der Waals surface area contributed by atoms with Gasteiger partial charge in [0.1, 0.15) is 6.04 Å². The molecule has 0 amide bonds. The number of hydrogen-bond donors (Lipinski definition) is 4. The summed E-state index contributed by atoms with van der Waals surface area (Å²) >= 11 is 0. The minimum Gasteiger partial charge on any atom is -0.480 e. The van der Waals surface area contributed by atoms with Crippen LogP contribution in [0.4, 0.5) is 5.69 Å². The molecule has 4 aromatic carbocycles. The Morgan fingerprint density at radius 1 is 0.941 bits per heavy atom. The van der Waals surface area contributed by atoms with Gasteiger partial charge in [0.05, 0.1) is 12.2 Å². The molecule has 2 atom stereocenters. The second-order valence-electron chi connectivity index (χ2n) is 8.50. The van der Waals surface area contributed by atoms with Gasteiger partial charge in [-0.25, -0.2) is 5.06 Å². The van der Waals surface area contributed by atoms with Gasteiger partial charge in [-0.3, -0.25) is 19.7 Å². The monoisotopic (exact) mass is 458 g/mol. The number of hydrogen-bond acceptors (Lipinski definition) is 6. The molecule has 0 aromatic heterocycles. The highest BCUT2D eigenvalue weighted by molar-refractivity contribution is 6.16. The van der Waals surface area contributed by atoms with Crippen molar-refractivity contribution >= 4 is 56.0 Å². The van der Waals surface area contributed by atoms with Crippen molar-refractivity contribution in [3.63, 3.8) is 0 Å². The van der Waals surface area contributed by atoms with E-state index in [-0.39, 0.29) is 5.57 Å². The lowest BCUT2D eigenvalue weighted by atomic mass is 9.91. The van der Waals surface area contributed by atoms with Crippen LogP contribution >= 0.6 is 0 Å². The first-order valence-corrected chi connectivity index (χ1v) is 10.7. The van der Waals surface area contributed by atoms with E-state index in [4.69, 9.17) is 5.11 Å². The summed E-state index contributed by atoms with van der Waals surface area (Å²) in [4.78, 5) is 24.2. The Kier molecular flexibility index (Phi) is 5.21. The summed E-state index contributed by atoms with van der Waals surface area (Å²) in [6.45, 7) is -0.545. The van der Waals surface area contributed by atoms with Gasteiger partial charge in [-0.2, -0.15) is 0 Å². The number of nitrogens with zero attached hydrogens (tertiary/aromatic N) is 2. The zero-order chi connectivity index (χ0) is 24.1. The second-order valence-corrected chi connectivity index (χ2v) is 8.50. The third-order valence-electron chi connectivity index (χ3n) is 6.34. The lowest BCUT2D eigenvalue weighted by molar-refractivity contribution is -0.144. The molecule has 8 heteroatoms. The van der Waals surface area contributed by atoms with E-state index in [1.54, 1.807) is 6.07 Å². The van der Waals surface area contributed by atoms with Crippen LogP contribution < -0.4 is 5.06 Å². The van der Waals surface area contributed by atoms with Gasteiger partial charge in [-0.1, -0.05) is 48.5 Å². The Balaban J connectivity index is 1.70. The summed E-state index contributed by atoms with van der Waals surface area (Å²) in [5.74, 6) is -2.53. The Morgan fingerprint density at radius 3 is 2.29 bits per heavy atom. The molecule has 2 unspecified atom stereocenters. The maximum atomic E-state index is 12.0. The number of aliphatic hydroxyl groups is 1. The van der Waals surface area contributed by atoms with Crippen LogP contribution in [0.15, 0.2) is 66.2 Å². The van der Waals surface area contributed by atoms with Crippen molar-refractivity contribution in [3.05, 3.63) is 71.8 Å². The minimum atomic E-state index is -1.66. The molecular weight excluding hydrogens is 436 g/mol. The van der Waals surface area contributed by atoms with E-state index in [0.29, 0.717) is 21.7 Å². The molecular formula is C26H22N2O6. The van der Waals surface area contributed by atoms with Gasteiger partial charge in [-0.15, -0.1) is 0 Å². The summed E-state index contributed by atoms with van der Waals surface area (Å²) in [5.41, 5.74) is 0.844. The number of aliphatic carboxylic acids is 2. The molecule has 4 N–H and O–H groups in total. The van der Waals surface area contributed by atoms with Crippen LogP contribution in [-0.4, -0.2) is 63.2 Å². The van der Waals surface area contributed by atoms with E-state index in [9.17, 15) is 25.0 Å². The number of carboxylic acid groups (broad SMARTS) is 2. The normalized spacial score (nSPS) is 16.6. The van der Waals surface area contributed by atoms with Gasteiger partial charge in [0.15, 0.2) is 6.23 Å². The zero-order valence-electron chi connectivity index (χ0n) is 18.2. The van der Waals surface area contributed by atoms with E-state index >= 15 is 0 Å². The Bertz CT molecular complexity index is 1510. The number of carboxylic acids is 2. The summed E-state index contributed by atoms with van der Waals surface area (Å²) in [6.07, 6.45) is -0.156. The van der Waals surface area contributed by atoms with E-state index in [1.807, 2.05) is 42.5 Å². The number of benzene rings is 4. The van der Waals surface area contributed by atoms with E-state index in [0.717, 1.165) is 31.8 Å². The van der Waals surface area contributed by atoms with Gasteiger partial charge in [0.25, 0.3) is 0 Å². The minimum absolute atomic E-state index is 0.0302. The summed E-state index contributed by atoms with van der Waals surface area (Å²) in [5, 5.41) is 47.1. The van der Waals surface area contributed by atoms with Gasteiger partial charge in [-0.05, 0) is 52.2 Å². The Hall–Kier alpha value is -3.98. The van der Waals surface area contributed by atoms with Crippen LogP contribution in [0.3, 0.4) is 0 Å². The molecule has 172 valence electrons. The molecule has 0 radical (unpaired) electrons. The topological polar surface area (TPSA) is 122 Å². The number of fused-ring (bicyclic) bond motifs is 6. The average Bonchev–Trinajstić information content (AvgIpc) is 2.79. The SMILES string of the molecule is CN(CC(=O)O)C(C(=O)O)C1=Cc2ccc3c(ccc4cc5ccccc5cc43)c2N(O)C1O. The molecule has 0 bridgehead atoms. The van der Waals surface area contributed by atoms with Gasteiger partial charge < -0.3 is 15.3 Å². The molecule has 1 aliphatic rings. The molecule has 0 saturated carbocycles. The van der Waals surface area contributed by atoms with Crippen molar-refractivity contribution < 1.29 is 30.1 Å². The van der Waals surface area contributed by atoms with Crippen molar-refractivity contribution in [1.82, 2.24) is 4.90 Å². The van der Waals surface area contributed by atoms with Crippen LogP contribution in [0, 0.1) is 0 Å². The number of aliphatic hydroxyl groups excluding tert-OH is 1. The van der Waals surface area contributed by atoms with Crippen LogP contribution in [0.25, 0.3) is 38.4 Å². The largest absolute Gasteiger partial charge is 0.480 e. The average molecular weight is 458 g/mol. The quantitative estimate of drug-likeness (QED) is 0.265. The van der Waals surface area contributed by atoms with Crippen molar-refractivity contribution in [1.29, 1.82) is 0 Å². The maximum absolute atomic E-state index is 12.0. The first kappa shape index (κ1) is 21.8. The number of likely N-dealkylation sites (N-methyl/N-ethyl adjacent to an activating group) is 1. The van der Waals surface area contributed by atoms with Crippen molar-refractivity contribution in [2.45, 2.75) is 12.3 Å². The number of rotatable bonds is 5. The highest BCUT2D eigenvalue weighted by atomic mass is 16.5. The molecule has 34 heavy (non-hydrogen) atoms. The lowest BCUT2D eigenvalue weighted by Crippen LogP contribution is -2.49. The zero-order valence-corrected chi connectivity index (χ0v) is 18.2. The molecule has 0 aliphatic carbocycles. The van der Waals surface area contributed by atoms with Crippen LogP contribution in [0.1, 0.15) is 5.56 Å². The molecule has 0 fully saturated rings. The smallest absolute Gasteiger partial charge is 0.325 e. The lowest BCUT2D eigenvalue weighted by Gasteiger charge is -2.36. The fourth-order valence-electron chi connectivity index (χ4n) is 4.83. The third kappa shape index (κ3) is 3.45. The predicted octanol–water partition coefficient (Wildman–Crippen LogP) is 3.53. The molecule has 0 saturated heterocycles. The van der Waals surface area contributed by atoms with Crippen molar-refractivity contribution in [3.8, 4) is 0 Å². The van der Waals surface area contributed by atoms with Crippen molar-refractivity contribution in [2.24, 2.45) is 0 Å². The van der Waals surface area contributed by atoms with E-state index < -0.39 is 30.8 Å². The highest BCUT2D eigenvalue weighted by Crippen LogP contribution is 2.41. The van der Waals surface area contributed by atoms with Crippen LogP contribution in [0.5, 0.6) is 0 Å². The molecule has 8 nitrogen and oxygen atoms in total.